The molecule has 2 aliphatic rings. The van der Waals surface area contributed by atoms with Gasteiger partial charge in [-0.3, -0.25) is 14.3 Å². The number of rotatable bonds is 12. The maximum atomic E-state index is 13.2. The zero-order valence-corrected chi connectivity index (χ0v) is 22.9. The summed E-state index contributed by atoms with van der Waals surface area (Å²) in [6, 6.07) is 8.37. The molecule has 5 rings (SSSR count). The van der Waals surface area contributed by atoms with Crippen molar-refractivity contribution in [1.82, 2.24) is 25.4 Å². The van der Waals surface area contributed by atoms with Gasteiger partial charge in [-0.2, -0.15) is 5.10 Å². The van der Waals surface area contributed by atoms with E-state index in [1.807, 2.05) is 18.2 Å². The number of benzene rings is 1. The SMILES string of the molecule is COC(=O)C(NC(=O)c1cnc(-c2cccc(-c3cc(C(=O)NC(C4CC4)C4CC4)n(CCO)n3)c2)o1)C(C)C. The third kappa shape index (κ3) is 6.09. The van der Waals surface area contributed by atoms with E-state index in [0.29, 0.717) is 28.8 Å². The Balaban J connectivity index is 1.34. The van der Waals surface area contributed by atoms with E-state index in [9.17, 15) is 19.5 Å². The number of amides is 2. The Labute approximate surface area is 232 Å². The van der Waals surface area contributed by atoms with Crippen molar-refractivity contribution in [2.45, 2.75) is 58.2 Å². The van der Waals surface area contributed by atoms with E-state index in [2.05, 4.69) is 20.7 Å². The summed E-state index contributed by atoms with van der Waals surface area (Å²) in [5, 5.41) is 20.0. The van der Waals surface area contributed by atoms with Gasteiger partial charge in [-0.15, -0.1) is 0 Å². The number of ether oxygens (including phenoxy) is 1. The highest BCUT2D eigenvalue weighted by atomic mass is 16.5. The van der Waals surface area contributed by atoms with Crippen molar-refractivity contribution in [2.75, 3.05) is 13.7 Å². The molecule has 2 fully saturated rings. The molecule has 11 nitrogen and oxygen atoms in total. The van der Waals surface area contributed by atoms with Gasteiger partial charge in [-0.05, 0) is 61.6 Å². The van der Waals surface area contributed by atoms with Crippen molar-refractivity contribution in [2.24, 2.45) is 17.8 Å². The summed E-state index contributed by atoms with van der Waals surface area (Å²) in [6.07, 6.45) is 5.93. The molecule has 2 heterocycles. The zero-order valence-electron chi connectivity index (χ0n) is 22.9. The van der Waals surface area contributed by atoms with Gasteiger partial charge in [-0.25, -0.2) is 9.78 Å². The molecule has 3 N–H and O–H groups in total. The highest BCUT2D eigenvalue weighted by molar-refractivity contribution is 5.95. The number of aliphatic hydroxyl groups excluding tert-OH is 1. The van der Waals surface area contributed by atoms with Crippen LogP contribution in [0.2, 0.25) is 0 Å². The van der Waals surface area contributed by atoms with Crippen LogP contribution in [0, 0.1) is 17.8 Å². The lowest BCUT2D eigenvalue weighted by Crippen LogP contribution is -2.44. The van der Waals surface area contributed by atoms with Gasteiger partial charge < -0.3 is 24.9 Å². The maximum Gasteiger partial charge on any atom is 0.328 e. The van der Waals surface area contributed by atoms with E-state index < -0.39 is 17.9 Å². The van der Waals surface area contributed by atoms with Crippen molar-refractivity contribution in [3.63, 3.8) is 0 Å². The molecule has 11 heteroatoms. The first-order valence-corrected chi connectivity index (χ1v) is 13.7. The van der Waals surface area contributed by atoms with Crippen molar-refractivity contribution in [3.05, 3.63) is 48.0 Å². The molecule has 2 aromatic heterocycles. The first kappa shape index (κ1) is 27.6. The maximum absolute atomic E-state index is 13.2. The van der Waals surface area contributed by atoms with Gasteiger partial charge in [0.05, 0.1) is 32.2 Å². The number of aromatic nitrogens is 3. The lowest BCUT2D eigenvalue weighted by molar-refractivity contribution is -0.144. The van der Waals surface area contributed by atoms with Crippen LogP contribution in [0.25, 0.3) is 22.7 Å². The van der Waals surface area contributed by atoms with E-state index in [0.717, 1.165) is 31.2 Å². The molecule has 40 heavy (non-hydrogen) atoms. The average Bonchev–Trinajstić information content (AvgIpc) is 3.88. The Kier molecular flexibility index (Phi) is 8.02. The number of oxazole rings is 1. The van der Waals surface area contributed by atoms with Crippen LogP contribution in [0.5, 0.6) is 0 Å². The fourth-order valence-electron chi connectivity index (χ4n) is 4.92. The van der Waals surface area contributed by atoms with Crippen molar-refractivity contribution >= 4 is 17.8 Å². The molecule has 0 spiro atoms. The number of hydrogen-bond donors (Lipinski definition) is 3. The summed E-state index contributed by atoms with van der Waals surface area (Å²) in [4.78, 5) is 42.2. The Morgan fingerprint density at radius 1 is 1.07 bits per heavy atom. The number of esters is 1. The van der Waals surface area contributed by atoms with Gasteiger partial charge in [0, 0.05) is 17.2 Å². The fourth-order valence-corrected chi connectivity index (χ4v) is 4.92. The lowest BCUT2D eigenvalue weighted by Gasteiger charge is -2.18. The van der Waals surface area contributed by atoms with E-state index in [-0.39, 0.29) is 42.7 Å². The van der Waals surface area contributed by atoms with Crippen molar-refractivity contribution < 1.29 is 28.6 Å². The van der Waals surface area contributed by atoms with Gasteiger partial charge >= 0.3 is 5.97 Å². The molecule has 0 bridgehead atoms. The van der Waals surface area contributed by atoms with E-state index >= 15 is 0 Å². The zero-order chi connectivity index (χ0) is 28.4. The van der Waals surface area contributed by atoms with Gasteiger partial charge in [0.25, 0.3) is 11.8 Å². The van der Waals surface area contributed by atoms with Crippen molar-refractivity contribution in [1.29, 1.82) is 0 Å². The van der Waals surface area contributed by atoms with Gasteiger partial charge in [0.1, 0.15) is 11.7 Å². The van der Waals surface area contributed by atoms with Crippen LogP contribution in [-0.4, -0.2) is 63.5 Å². The Bertz CT molecular complexity index is 1370. The number of hydrogen-bond acceptors (Lipinski definition) is 8. The van der Waals surface area contributed by atoms with E-state index in [1.165, 1.54) is 18.0 Å². The highest BCUT2D eigenvalue weighted by Gasteiger charge is 2.42. The van der Waals surface area contributed by atoms with Crippen LogP contribution in [0.15, 0.2) is 40.9 Å². The van der Waals surface area contributed by atoms with E-state index in [4.69, 9.17) is 9.15 Å². The molecule has 0 aliphatic heterocycles. The molecule has 0 radical (unpaired) electrons. The average molecular weight is 550 g/mol. The minimum atomic E-state index is -0.821. The van der Waals surface area contributed by atoms with Crippen LogP contribution < -0.4 is 10.6 Å². The standard InChI is InChI=1S/C29H35N5O6/c1-16(2)24(29(38)39-3)31-27(37)23-15-30-28(40-23)20-6-4-5-19(13-20)21-14-22(34(33-21)11-12-35)26(36)32-25(17-7-8-17)18-9-10-18/h4-6,13-18,24-25,35H,7-12H2,1-3H3,(H,31,37)(H,32,36). The summed E-state index contributed by atoms with van der Waals surface area (Å²) >= 11 is 0. The Morgan fingerprint density at radius 3 is 2.40 bits per heavy atom. The first-order chi connectivity index (χ1) is 19.3. The number of methoxy groups -OCH3 is 1. The molecule has 0 saturated heterocycles. The van der Waals surface area contributed by atoms with Crippen molar-refractivity contribution in [3.8, 4) is 22.7 Å². The highest BCUT2D eigenvalue weighted by Crippen LogP contribution is 2.44. The number of aliphatic hydroxyl groups is 1. The quantitative estimate of drug-likeness (QED) is 0.292. The number of carbonyl (C=O) groups excluding carboxylic acids is 3. The Hall–Kier alpha value is -3.99. The molecule has 1 atom stereocenters. The topological polar surface area (TPSA) is 149 Å². The molecule has 1 aromatic carbocycles. The summed E-state index contributed by atoms with van der Waals surface area (Å²) in [5.74, 6) is -0.174. The second kappa shape index (κ2) is 11.6. The minimum absolute atomic E-state index is 0.0398. The summed E-state index contributed by atoms with van der Waals surface area (Å²) < 4.78 is 12.0. The van der Waals surface area contributed by atoms with Crippen LogP contribution in [0.1, 0.15) is 60.6 Å². The van der Waals surface area contributed by atoms with E-state index in [1.54, 1.807) is 26.0 Å². The molecule has 2 aliphatic carbocycles. The minimum Gasteiger partial charge on any atom is -0.467 e. The Morgan fingerprint density at radius 2 is 1.77 bits per heavy atom. The predicted octanol–water partition coefficient (Wildman–Crippen LogP) is 3.04. The van der Waals surface area contributed by atoms with Gasteiger partial charge in [-0.1, -0.05) is 26.0 Å². The third-order valence-electron chi connectivity index (χ3n) is 7.43. The normalized spacial score (nSPS) is 15.8. The van der Waals surface area contributed by atoms with Gasteiger partial charge in [0.15, 0.2) is 0 Å². The second-order valence-electron chi connectivity index (χ2n) is 10.9. The summed E-state index contributed by atoms with van der Waals surface area (Å²) in [5.41, 5.74) is 2.30. The third-order valence-corrected chi connectivity index (χ3v) is 7.43. The molecular formula is C29H35N5O6. The second-order valence-corrected chi connectivity index (χ2v) is 10.9. The smallest absolute Gasteiger partial charge is 0.328 e. The molecule has 2 amide bonds. The number of nitrogens with zero attached hydrogens (tertiary/aromatic N) is 3. The molecule has 1 unspecified atom stereocenters. The van der Waals surface area contributed by atoms with Crippen LogP contribution >= 0.6 is 0 Å². The molecule has 2 saturated carbocycles. The largest absolute Gasteiger partial charge is 0.467 e. The summed E-state index contributed by atoms with van der Waals surface area (Å²) in [7, 11) is 1.27. The fraction of sp³-hybridized carbons (Fsp3) is 0.483. The molecular weight excluding hydrogens is 514 g/mol. The summed E-state index contributed by atoms with van der Waals surface area (Å²) in [6.45, 7) is 3.65. The predicted molar refractivity (Wildman–Crippen MR) is 145 cm³/mol. The molecule has 212 valence electrons. The monoisotopic (exact) mass is 549 g/mol. The molecule has 3 aromatic rings. The first-order valence-electron chi connectivity index (χ1n) is 13.7. The number of carbonyl (C=O) groups is 3. The van der Waals surface area contributed by atoms with Crippen LogP contribution in [-0.2, 0) is 16.1 Å². The van der Waals surface area contributed by atoms with Crippen LogP contribution in [0.4, 0.5) is 0 Å². The lowest BCUT2D eigenvalue weighted by atomic mass is 10.0. The van der Waals surface area contributed by atoms with Gasteiger partial charge in [0.2, 0.25) is 11.7 Å². The van der Waals surface area contributed by atoms with Crippen LogP contribution in [0.3, 0.4) is 0 Å². The number of nitrogens with one attached hydrogen (secondary N) is 2.